The van der Waals surface area contributed by atoms with Crippen molar-refractivity contribution in [3.63, 3.8) is 0 Å². The number of nitrogens with zero attached hydrogens (tertiary/aromatic N) is 4. The van der Waals surface area contributed by atoms with E-state index in [1.807, 2.05) is 0 Å². The Morgan fingerprint density at radius 1 is 1.24 bits per heavy atom. The number of fused-ring (bicyclic) bond motifs is 1. The summed E-state index contributed by atoms with van der Waals surface area (Å²) in [6, 6.07) is 0. The predicted molar refractivity (Wildman–Crippen MR) is 75.6 cm³/mol. The minimum absolute atomic E-state index is 0.00394. The third kappa shape index (κ3) is 2.50. The Kier molecular flexibility index (Phi) is 3.60. The van der Waals surface area contributed by atoms with Crippen molar-refractivity contribution in [2.45, 2.75) is 23.4 Å². The van der Waals surface area contributed by atoms with Gasteiger partial charge in [-0.25, -0.2) is 9.97 Å². The van der Waals surface area contributed by atoms with Crippen molar-refractivity contribution in [2.75, 3.05) is 24.4 Å². The molecule has 0 radical (unpaired) electrons. The van der Waals surface area contributed by atoms with Gasteiger partial charge in [0.1, 0.15) is 0 Å². The number of hydrogen-bond acceptors (Lipinski definition) is 6. The third-order valence-electron chi connectivity index (χ3n) is 3.19. The molecule has 21 heavy (non-hydrogen) atoms. The van der Waals surface area contributed by atoms with E-state index in [0.717, 1.165) is 24.2 Å². The standard InChI is InChI=1S/C11H11F3N4OS2/c1-20-10-15-6-7(21-10)16-9(11(12,13)14)18(8(6)19)17-4-2-3-5-17/h2-5H2,1H3. The average molecular weight is 336 g/mol. The van der Waals surface area contributed by atoms with Gasteiger partial charge < -0.3 is 5.01 Å². The van der Waals surface area contributed by atoms with Crippen LogP contribution in [0, 0.1) is 0 Å². The van der Waals surface area contributed by atoms with Crippen molar-refractivity contribution >= 4 is 33.4 Å². The van der Waals surface area contributed by atoms with Crippen LogP contribution in [0.4, 0.5) is 13.2 Å². The lowest BCUT2D eigenvalue weighted by atomic mass is 10.4. The van der Waals surface area contributed by atoms with E-state index in [-0.39, 0.29) is 10.3 Å². The second kappa shape index (κ2) is 5.16. The Morgan fingerprint density at radius 2 is 1.90 bits per heavy atom. The van der Waals surface area contributed by atoms with Crippen molar-refractivity contribution in [2.24, 2.45) is 0 Å². The Balaban J connectivity index is 2.30. The summed E-state index contributed by atoms with van der Waals surface area (Å²) in [5, 5.41) is 1.40. The zero-order valence-electron chi connectivity index (χ0n) is 11.0. The molecule has 2 aromatic heterocycles. The number of rotatable bonds is 2. The van der Waals surface area contributed by atoms with Gasteiger partial charge in [-0.15, -0.1) is 0 Å². The lowest BCUT2D eigenvalue weighted by Crippen LogP contribution is -2.44. The maximum absolute atomic E-state index is 13.2. The van der Waals surface area contributed by atoms with Crippen LogP contribution in [0.3, 0.4) is 0 Å². The SMILES string of the molecule is CSc1nc2c(=O)n(N3CCCC3)c(C(F)(F)F)nc2s1. The molecule has 0 saturated carbocycles. The largest absolute Gasteiger partial charge is 0.451 e. The molecule has 0 aliphatic carbocycles. The first-order valence-corrected chi connectivity index (χ1v) is 8.26. The molecule has 0 N–H and O–H groups in total. The molecule has 0 amide bonds. The zero-order valence-corrected chi connectivity index (χ0v) is 12.6. The summed E-state index contributed by atoms with van der Waals surface area (Å²) >= 11 is 2.28. The fourth-order valence-corrected chi connectivity index (χ4v) is 3.70. The van der Waals surface area contributed by atoms with Gasteiger partial charge in [-0.1, -0.05) is 23.1 Å². The summed E-state index contributed by atoms with van der Waals surface area (Å²) < 4.78 is 40.9. The van der Waals surface area contributed by atoms with Gasteiger partial charge in [0.25, 0.3) is 5.56 Å². The summed E-state index contributed by atoms with van der Waals surface area (Å²) in [4.78, 5) is 20.2. The molecule has 1 fully saturated rings. The first kappa shape index (κ1) is 14.6. The molecule has 2 aromatic rings. The lowest BCUT2D eigenvalue weighted by Gasteiger charge is -2.23. The van der Waals surface area contributed by atoms with Gasteiger partial charge in [0.2, 0.25) is 5.82 Å². The van der Waals surface area contributed by atoms with Gasteiger partial charge in [0, 0.05) is 13.1 Å². The summed E-state index contributed by atoms with van der Waals surface area (Å²) in [5.74, 6) is -1.17. The highest BCUT2D eigenvalue weighted by molar-refractivity contribution is 8.00. The van der Waals surface area contributed by atoms with Gasteiger partial charge in [-0.3, -0.25) is 4.79 Å². The fourth-order valence-electron chi connectivity index (χ4n) is 2.28. The second-order valence-electron chi connectivity index (χ2n) is 4.55. The molecular weight excluding hydrogens is 325 g/mol. The first-order valence-electron chi connectivity index (χ1n) is 6.22. The molecule has 0 bridgehead atoms. The Morgan fingerprint density at radius 3 is 2.48 bits per heavy atom. The summed E-state index contributed by atoms with van der Waals surface area (Å²) in [7, 11) is 0. The van der Waals surface area contributed by atoms with Crippen LogP contribution in [0.15, 0.2) is 9.13 Å². The molecule has 10 heteroatoms. The molecule has 3 rings (SSSR count). The molecule has 0 spiro atoms. The van der Waals surface area contributed by atoms with E-state index in [0.29, 0.717) is 22.1 Å². The Hall–Kier alpha value is -1.29. The highest BCUT2D eigenvalue weighted by Crippen LogP contribution is 2.31. The van der Waals surface area contributed by atoms with Gasteiger partial charge in [-0.2, -0.15) is 17.8 Å². The van der Waals surface area contributed by atoms with Gasteiger partial charge in [0.15, 0.2) is 14.7 Å². The van der Waals surface area contributed by atoms with Crippen molar-refractivity contribution in [1.29, 1.82) is 0 Å². The van der Waals surface area contributed by atoms with Crippen LogP contribution < -0.4 is 10.6 Å². The highest BCUT2D eigenvalue weighted by atomic mass is 32.2. The maximum Gasteiger partial charge on any atom is 0.451 e. The Labute approximate surface area is 125 Å². The van der Waals surface area contributed by atoms with E-state index >= 15 is 0 Å². The van der Waals surface area contributed by atoms with Gasteiger partial charge in [0.05, 0.1) is 0 Å². The van der Waals surface area contributed by atoms with Gasteiger partial charge in [-0.05, 0) is 19.1 Å². The molecule has 114 valence electrons. The van der Waals surface area contributed by atoms with E-state index in [1.165, 1.54) is 16.8 Å². The minimum atomic E-state index is -4.68. The van der Waals surface area contributed by atoms with Crippen LogP contribution in [-0.2, 0) is 6.18 Å². The van der Waals surface area contributed by atoms with Crippen molar-refractivity contribution in [3.05, 3.63) is 16.2 Å². The topological polar surface area (TPSA) is 51.0 Å². The van der Waals surface area contributed by atoms with Crippen molar-refractivity contribution in [1.82, 2.24) is 14.6 Å². The van der Waals surface area contributed by atoms with Crippen molar-refractivity contribution < 1.29 is 13.2 Å². The molecule has 1 aliphatic rings. The number of halogens is 3. The van der Waals surface area contributed by atoms with Gasteiger partial charge >= 0.3 is 6.18 Å². The number of thiazole rings is 1. The zero-order chi connectivity index (χ0) is 15.2. The summed E-state index contributed by atoms with van der Waals surface area (Å²) in [5.41, 5.74) is -0.741. The molecular formula is C11H11F3N4OS2. The molecule has 3 heterocycles. The van der Waals surface area contributed by atoms with E-state index in [4.69, 9.17) is 0 Å². The van der Waals surface area contributed by atoms with Crippen molar-refractivity contribution in [3.8, 4) is 0 Å². The van der Waals surface area contributed by atoms with Crippen LogP contribution in [0.5, 0.6) is 0 Å². The first-order chi connectivity index (χ1) is 9.91. The van der Waals surface area contributed by atoms with Crippen LogP contribution in [0.25, 0.3) is 10.3 Å². The molecule has 0 unspecified atom stereocenters. The van der Waals surface area contributed by atoms with E-state index in [1.54, 1.807) is 6.26 Å². The molecule has 0 atom stereocenters. The van der Waals surface area contributed by atoms with E-state index in [9.17, 15) is 18.0 Å². The molecule has 1 saturated heterocycles. The molecule has 1 aliphatic heterocycles. The summed E-state index contributed by atoms with van der Waals surface area (Å²) in [6.45, 7) is 0.825. The Bertz CT molecular complexity index is 733. The van der Waals surface area contributed by atoms with E-state index < -0.39 is 17.6 Å². The minimum Gasteiger partial charge on any atom is -0.308 e. The number of thioether (sulfide) groups is 1. The average Bonchev–Trinajstić information content (AvgIpc) is 3.05. The molecule has 0 aromatic carbocycles. The number of aromatic nitrogens is 3. The summed E-state index contributed by atoms with van der Waals surface area (Å²) in [6.07, 6.45) is -1.41. The molecule has 5 nitrogen and oxygen atoms in total. The fraction of sp³-hybridized carbons (Fsp3) is 0.545. The number of alkyl halides is 3. The quantitative estimate of drug-likeness (QED) is 0.788. The third-order valence-corrected chi connectivity index (χ3v) is 5.12. The predicted octanol–water partition coefficient (Wildman–Crippen LogP) is 2.33. The van der Waals surface area contributed by atoms with E-state index in [2.05, 4.69) is 9.97 Å². The maximum atomic E-state index is 13.2. The number of hydrogen-bond donors (Lipinski definition) is 0. The van der Waals surface area contributed by atoms with Crippen LogP contribution in [0.1, 0.15) is 18.7 Å². The monoisotopic (exact) mass is 336 g/mol. The normalized spacial score (nSPS) is 16.1. The van der Waals surface area contributed by atoms with Crippen LogP contribution in [0.2, 0.25) is 0 Å². The van der Waals surface area contributed by atoms with Crippen LogP contribution in [-0.4, -0.2) is 34.0 Å². The second-order valence-corrected chi connectivity index (χ2v) is 6.58. The highest BCUT2D eigenvalue weighted by Gasteiger charge is 2.39. The smallest absolute Gasteiger partial charge is 0.308 e. The lowest BCUT2D eigenvalue weighted by molar-refractivity contribution is -0.147. The van der Waals surface area contributed by atoms with Crippen LogP contribution >= 0.6 is 23.1 Å².